The largest absolute Gasteiger partial charge is 0.495 e. The molecule has 1 N–H and O–H groups in total. The minimum atomic E-state index is -3.99. The number of benzene rings is 1. The second-order valence-corrected chi connectivity index (χ2v) is 6.29. The molecule has 8 heteroatoms. The number of ether oxygens (including phenoxy) is 2. The SMILES string of the molecule is CCOCCNC(=O)c1ccc(OC)c(S(=O)(=O)Cl)c1. The molecule has 0 aliphatic carbocycles. The quantitative estimate of drug-likeness (QED) is 0.606. The van der Waals surface area contributed by atoms with E-state index in [-0.39, 0.29) is 16.2 Å². The first-order valence-electron chi connectivity index (χ1n) is 5.88. The van der Waals surface area contributed by atoms with E-state index in [9.17, 15) is 13.2 Å². The van der Waals surface area contributed by atoms with Crippen LogP contribution in [0.15, 0.2) is 23.1 Å². The molecular formula is C12H16ClNO5S. The maximum absolute atomic E-state index is 11.8. The third-order valence-electron chi connectivity index (χ3n) is 2.42. The highest BCUT2D eigenvalue weighted by molar-refractivity contribution is 8.13. The lowest BCUT2D eigenvalue weighted by atomic mass is 10.2. The molecule has 0 spiro atoms. The van der Waals surface area contributed by atoms with Crippen molar-refractivity contribution in [2.45, 2.75) is 11.8 Å². The van der Waals surface area contributed by atoms with Crippen LogP contribution in [0.1, 0.15) is 17.3 Å². The molecule has 0 saturated carbocycles. The van der Waals surface area contributed by atoms with Crippen LogP contribution >= 0.6 is 10.7 Å². The van der Waals surface area contributed by atoms with E-state index in [1.54, 1.807) is 0 Å². The van der Waals surface area contributed by atoms with E-state index in [1.807, 2.05) is 6.92 Å². The van der Waals surface area contributed by atoms with Crippen molar-refractivity contribution in [2.75, 3.05) is 26.9 Å². The Labute approximate surface area is 122 Å². The molecular weight excluding hydrogens is 306 g/mol. The van der Waals surface area contributed by atoms with Crippen molar-refractivity contribution in [1.82, 2.24) is 5.32 Å². The fraction of sp³-hybridized carbons (Fsp3) is 0.417. The Morgan fingerprint density at radius 2 is 2.10 bits per heavy atom. The van der Waals surface area contributed by atoms with Crippen molar-refractivity contribution in [2.24, 2.45) is 0 Å². The number of nitrogens with one attached hydrogen (secondary N) is 1. The predicted octanol–water partition coefficient (Wildman–Crippen LogP) is 1.39. The molecule has 0 radical (unpaired) electrons. The van der Waals surface area contributed by atoms with Gasteiger partial charge in [0.15, 0.2) is 0 Å². The number of amides is 1. The fourth-order valence-corrected chi connectivity index (χ4v) is 2.51. The van der Waals surface area contributed by atoms with Gasteiger partial charge in [0, 0.05) is 29.4 Å². The van der Waals surface area contributed by atoms with Crippen LogP contribution in [0.2, 0.25) is 0 Å². The molecule has 6 nitrogen and oxygen atoms in total. The van der Waals surface area contributed by atoms with Gasteiger partial charge in [-0.3, -0.25) is 4.79 Å². The van der Waals surface area contributed by atoms with Gasteiger partial charge < -0.3 is 14.8 Å². The summed E-state index contributed by atoms with van der Waals surface area (Å²) in [6.07, 6.45) is 0. The summed E-state index contributed by atoms with van der Waals surface area (Å²) in [5.41, 5.74) is 0.182. The zero-order chi connectivity index (χ0) is 15.2. The highest BCUT2D eigenvalue weighted by Crippen LogP contribution is 2.27. The molecule has 0 atom stereocenters. The van der Waals surface area contributed by atoms with Crippen LogP contribution in [0.25, 0.3) is 0 Å². The molecule has 0 aliphatic rings. The van der Waals surface area contributed by atoms with E-state index in [4.69, 9.17) is 20.2 Å². The van der Waals surface area contributed by atoms with Gasteiger partial charge in [-0.25, -0.2) is 8.42 Å². The van der Waals surface area contributed by atoms with Gasteiger partial charge in [-0.2, -0.15) is 0 Å². The maximum Gasteiger partial charge on any atom is 0.265 e. The molecule has 0 heterocycles. The van der Waals surface area contributed by atoms with Crippen molar-refractivity contribution < 1.29 is 22.7 Å². The normalized spacial score (nSPS) is 11.2. The van der Waals surface area contributed by atoms with E-state index in [1.165, 1.54) is 25.3 Å². The number of rotatable bonds is 7. The Morgan fingerprint density at radius 3 is 2.65 bits per heavy atom. The molecule has 0 fully saturated rings. The van der Waals surface area contributed by atoms with Gasteiger partial charge >= 0.3 is 0 Å². The van der Waals surface area contributed by atoms with Gasteiger partial charge in [-0.05, 0) is 25.1 Å². The summed E-state index contributed by atoms with van der Waals surface area (Å²) >= 11 is 0. The van der Waals surface area contributed by atoms with Crippen LogP contribution in [0.5, 0.6) is 5.75 Å². The van der Waals surface area contributed by atoms with E-state index in [2.05, 4.69) is 5.32 Å². The first kappa shape index (κ1) is 16.7. The molecule has 0 unspecified atom stereocenters. The minimum Gasteiger partial charge on any atom is -0.495 e. The predicted molar refractivity (Wildman–Crippen MR) is 74.9 cm³/mol. The molecule has 0 aromatic heterocycles. The van der Waals surface area contributed by atoms with Crippen LogP contribution in [0.4, 0.5) is 0 Å². The molecule has 1 aromatic carbocycles. The topological polar surface area (TPSA) is 81.7 Å². The summed E-state index contributed by atoms with van der Waals surface area (Å²) in [5.74, 6) is -0.320. The van der Waals surface area contributed by atoms with Crippen molar-refractivity contribution in [3.63, 3.8) is 0 Å². The van der Waals surface area contributed by atoms with Crippen molar-refractivity contribution >= 4 is 25.6 Å². The second kappa shape index (κ2) is 7.47. The summed E-state index contributed by atoms with van der Waals surface area (Å²) in [6, 6.07) is 4.02. The first-order valence-corrected chi connectivity index (χ1v) is 8.19. The Kier molecular flexibility index (Phi) is 6.25. The van der Waals surface area contributed by atoms with Gasteiger partial charge in [-0.1, -0.05) is 0 Å². The van der Waals surface area contributed by atoms with Gasteiger partial charge in [0.25, 0.3) is 15.0 Å². The zero-order valence-electron chi connectivity index (χ0n) is 11.2. The van der Waals surface area contributed by atoms with Crippen molar-refractivity contribution in [3.8, 4) is 5.75 Å². The van der Waals surface area contributed by atoms with Gasteiger partial charge in [-0.15, -0.1) is 0 Å². The van der Waals surface area contributed by atoms with Crippen LogP contribution < -0.4 is 10.1 Å². The third-order valence-corrected chi connectivity index (χ3v) is 3.77. The minimum absolute atomic E-state index is 0.0888. The molecule has 1 amide bonds. The lowest BCUT2D eigenvalue weighted by molar-refractivity contribution is 0.0922. The summed E-state index contributed by atoms with van der Waals surface area (Å²) in [6.45, 7) is 3.14. The molecule has 0 saturated heterocycles. The molecule has 20 heavy (non-hydrogen) atoms. The molecule has 112 valence electrons. The Balaban J connectivity index is 2.89. The number of halogens is 1. The van der Waals surface area contributed by atoms with Crippen molar-refractivity contribution in [3.05, 3.63) is 23.8 Å². The Morgan fingerprint density at radius 1 is 1.40 bits per heavy atom. The smallest absolute Gasteiger partial charge is 0.265 e. The summed E-state index contributed by atoms with van der Waals surface area (Å²) < 4.78 is 32.8. The summed E-state index contributed by atoms with van der Waals surface area (Å²) in [7, 11) is 2.64. The van der Waals surface area contributed by atoms with Crippen LogP contribution in [0, 0.1) is 0 Å². The first-order chi connectivity index (χ1) is 9.40. The second-order valence-electron chi connectivity index (χ2n) is 3.76. The van der Waals surface area contributed by atoms with Gasteiger partial charge in [0.2, 0.25) is 0 Å². The van der Waals surface area contributed by atoms with Gasteiger partial charge in [0.05, 0.1) is 13.7 Å². The van der Waals surface area contributed by atoms with Gasteiger partial charge in [0.1, 0.15) is 10.6 Å². The standard InChI is InChI=1S/C12H16ClNO5S/c1-3-19-7-6-14-12(15)9-4-5-10(18-2)11(8-9)20(13,16)17/h4-5,8H,3,6-7H2,1-2H3,(H,14,15). The van der Waals surface area contributed by atoms with E-state index in [0.717, 1.165) is 0 Å². The molecule has 0 bridgehead atoms. The average molecular weight is 322 g/mol. The molecule has 0 aliphatic heterocycles. The molecule has 1 aromatic rings. The highest BCUT2D eigenvalue weighted by atomic mass is 35.7. The third kappa shape index (κ3) is 4.66. The number of carbonyl (C=O) groups is 1. The Bertz CT molecular complexity index is 573. The fourth-order valence-electron chi connectivity index (χ4n) is 1.49. The zero-order valence-corrected chi connectivity index (χ0v) is 12.8. The summed E-state index contributed by atoms with van der Waals surface area (Å²) in [5, 5.41) is 2.61. The lowest BCUT2D eigenvalue weighted by Crippen LogP contribution is -2.27. The number of carbonyl (C=O) groups excluding carboxylic acids is 1. The van der Waals surface area contributed by atoms with Crippen LogP contribution in [-0.4, -0.2) is 41.2 Å². The van der Waals surface area contributed by atoms with Crippen molar-refractivity contribution in [1.29, 1.82) is 0 Å². The number of hydrogen-bond donors (Lipinski definition) is 1. The van der Waals surface area contributed by atoms with E-state index in [0.29, 0.717) is 19.8 Å². The number of hydrogen-bond acceptors (Lipinski definition) is 5. The maximum atomic E-state index is 11.8. The van der Waals surface area contributed by atoms with Crippen LogP contribution in [-0.2, 0) is 13.8 Å². The average Bonchev–Trinajstić information content (AvgIpc) is 2.41. The van der Waals surface area contributed by atoms with E-state index < -0.39 is 15.0 Å². The number of methoxy groups -OCH3 is 1. The summed E-state index contributed by atoms with van der Waals surface area (Å²) in [4.78, 5) is 11.6. The molecule has 1 rings (SSSR count). The van der Waals surface area contributed by atoms with Crippen LogP contribution in [0.3, 0.4) is 0 Å². The highest BCUT2D eigenvalue weighted by Gasteiger charge is 2.19. The Hall–Kier alpha value is -1.31. The lowest BCUT2D eigenvalue weighted by Gasteiger charge is -2.09. The van der Waals surface area contributed by atoms with E-state index >= 15 is 0 Å². The monoisotopic (exact) mass is 321 g/mol.